The third-order valence-corrected chi connectivity index (χ3v) is 4.19. The van der Waals surface area contributed by atoms with Crippen molar-refractivity contribution in [1.82, 2.24) is 15.2 Å². The summed E-state index contributed by atoms with van der Waals surface area (Å²) < 4.78 is 0.801. The van der Waals surface area contributed by atoms with E-state index in [9.17, 15) is 0 Å². The molecule has 0 saturated carbocycles. The third-order valence-electron chi connectivity index (χ3n) is 1.81. The summed E-state index contributed by atoms with van der Waals surface area (Å²) in [6.07, 6.45) is 1.56. The standard InChI is InChI=1S/C9H10ClN5S2/c1-15(2)8-13-14-9(17-8)16-7-6(11)3-5(10)4-12-7/h3-4H,11H2,1-2H3. The molecule has 2 heterocycles. The first kappa shape index (κ1) is 12.4. The molecule has 5 nitrogen and oxygen atoms in total. The molecule has 2 aromatic heterocycles. The van der Waals surface area contributed by atoms with E-state index >= 15 is 0 Å². The lowest BCUT2D eigenvalue weighted by Crippen LogP contribution is -2.07. The summed E-state index contributed by atoms with van der Waals surface area (Å²) in [7, 11) is 3.84. The summed E-state index contributed by atoms with van der Waals surface area (Å²) in [6, 6.07) is 1.67. The third kappa shape index (κ3) is 2.99. The molecule has 0 aromatic carbocycles. The molecule has 0 fully saturated rings. The lowest BCUT2D eigenvalue weighted by molar-refractivity contribution is 0.970. The monoisotopic (exact) mass is 287 g/mol. The Balaban J connectivity index is 2.19. The molecule has 8 heteroatoms. The largest absolute Gasteiger partial charge is 0.396 e. The molecule has 0 atom stereocenters. The first-order valence-corrected chi connectivity index (χ1v) is 6.67. The average molecular weight is 288 g/mol. The van der Waals surface area contributed by atoms with Crippen LogP contribution in [0.3, 0.4) is 0 Å². The van der Waals surface area contributed by atoms with Crippen molar-refractivity contribution in [2.24, 2.45) is 0 Å². The van der Waals surface area contributed by atoms with Gasteiger partial charge in [-0.1, -0.05) is 22.9 Å². The Morgan fingerprint density at radius 1 is 1.41 bits per heavy atom. The van der Waals surface area contributed by atoms with E-state index in [2.05, 4.69) is 15.2 Å². The normalized spacial score (nSPS) is 10.5. The molecule has 17 heavy (non-hydrogen) atoms. The van der Waals surface area contributed by atoms with Gasteiger partial charge in [-0.3, -0.25) is 0 Å². The minimum Gasteiger partial charge on any atom is -0.396 e. The second kappa shape index (κ2) is 5.07. The molecule has 0 amide bonds. The van der Waals surface area contributed by atoms with Crippen molar-refractivity contribution >= 4 is 45.5 Å². The van der Waals surface area contributed by atoms with Gasteiger partial charge in [0.15, 0.2) is 4.34 Å². The fourth-order valence-electron chi connectivity index (χ4n) is 1.03. The van der Waals surface area contributed by atoms with Crippen LogP contribution in [0.4, 0.5) is 10.8 Å². The quantitative estimate of drug-likeness (QED) is 0.935. The average Bonchev–Trinajstić information content (AvgIpc) is 2.71. The van der Waals surface area contributed by atoms with Gasteiger partial charge >= 0.3 is 0 Å². The van der Waals surface area contributed by atoms with Crippen molar-refractivity contribution in [2.45, 2.75) is 9.37 Å². The van der Waals surface area contributed by atoms with Gasteiger partial charge < -0.3 is 10.6 Å². The molecule has 0 radical (unpaired) electrons. The van der Waals surface area contributed by atoms with Gasteiger partial charge in [0.25, 0.3) is 0 Å². The van der Waals surface area contributed by atoms with Crippen molar-refractivity contribution in [2.75, 3.05) is 24.7 Å². The number of nitrogen functional groups attached to an aromatic ring is 1. The van der Waals surface area contributed by atoms with E-state index < -0.39 is 0 Å². The van der Waals surface area contributed by atoms with Crippen LogP contribution in [0, 0.1) is 0 Å². The van der Waals surface area contributed by atoms with Crippen LogP contribution in [0.1, 0.15) is 0 Å². The van der Waals surface area contributed by atoms with Gasteiger partial charge in [-0.15, -0.1) is 10.2 Å². The Morgan fingerprint density at radius 3 is 2.76 bits per heavy atom. The number of hydrogen-bond acceptors (Lipinski definition) is 7. The Morgan fingerprint density at radius 2 is 2.18 bits per heavy atom. The molecule has 2 rings (SSSR count). The lowest BCUT2D eigenvalue weighted by atomic mass is 10.4. The second-order valence-corrected chi connectivity index (χ2v) is 6.02. The van der Waals surface area contributed by atoms with Crippen molar-refractivity contribution in [1.29, 1.82) is 0 Å². The first-order chi connectivity index (χ1) is 8.06. The van der Waals surface area contributed by atoms with E-state index in [1.54, 1.807) is 12.3 Å². The molecule has 90 valence electrons. The highest BCUT2D eigenvalue weighted by atomic mass is 35.5. The molecule has 0 bridgehead atoms. The van der Waals surface area contributed by atoms with Crippen LogP contribution in [0.5, 0.6) is 0 Å². The summed E-state index contributed by atoms with van der Waals surface area (Å²) in [5.74, 6) is 0. The van der Waals surface area contributed by atoms with Crippen LogP contribution < -0.4 is 10.6 Å². The summed E-state index contributed by atoms with van der Waals surface area (Å²) in [4.78, 5) is 6.06. The molecule has 0 spiro atoms. The molecule has 0 aliphatic heterocycles. The maximum atomic E-state index is 5.81. The van der Waals surface area contributed by atoms with Crippen molar-refractivity contribution in [3.05, 3.63) is 17.3 Å². The SMILES string of the molecule is CN(C)c1nnc(Sc2ncc(Cl)cc2N)s1. The predicted molar refractivity (Wildman–Crippen MR) is 72.0 cm³/mol. The molecule has 0 aliphatic carbocycles. The van der Waals surface area contributed by atoms with Gasteiger partial charge in [-0.05, 0) is 17.8 Å². The summed E-state index contributed by atoms with van der Waals surface area (Å²) >= 11 is 8.65. The van der Waals surface area contributed by atoms with E-state index in [1.807, 2.05) is 19.0 Å². The number of halogens is 1. The minimum atomic E-state index is 0.526. The highest BCUT2D eigenvalue weighted by Crippen LogP contribution is 2.34. The fraction of sp³-hybridized carbons (Fsp3) is 0.222. The minimum absolute atomic E-state index is 0.526. The van der Waals surface area contributed by atoms with Crippen LogP contribution >= 0.6 is 34.7 Å². The van der Waals surface area contributed by atoms with E-state index in [0.717, 1.165) is 9.47 Å². The molecular weight excluding hydrogens is 278 g/mol. The van der Waals surface area contributed by atoms with Crippen molar-refractivity contribution < 1.29 is 0 Å². The zero-order valence-corrected chi connectivity index (χ0v) is 11.6. The topological polar surface area (TPSA) is 67.9 Å². The molecule has 0 unspecified atom stereocenters. The van der Waals surface area contributed by atoms with E-state index in [1.165, 1.54) is 23.1 Å². The smallest absolute Gasteiger partial charge is 0.208 e. The van der Waals surface area contributed by atoms with Gasteiger partial charge in [0.2, 0.25) is 5.13 Å². The summed E-state index contributed by atoms with van der Waals surface area (Å²) in [6.45, 7) is 0. The molecule has 0 aliphatic rings. The maximum Gasteiger partial charge on any atom is 0.208 e. The predicted octanol–water partition coefficient (Wildman–Crippen LogP) is 2.39. The van der Waals surface area contributed by atoms with Crippen LogP contribution in [0.2, 0.25) is 5.02 Å². The number of nitrogens with zero attached hydrogens (tertiary/aromatic N) is 4. The van der Waals surface area contributed by atoms with Gasteiger partial charge in [-0.2, -0.15) is 0 Å². The van der Waals surface area contributed by atoms with Gasteiger partial charge in [0, 0.05) is 20.3 Å². The van der Waals surface area contributed by atoms with E-state index in [-0.39, 0.29) is 0 Å². The molecule has 2 N–H and O–H groups in total. The van der Waals surface area contributed by atoms with Gasteiger partial charge in [-0.25, -0.2) is 4.98 Å². The Kier molecular flexibility index (Phi) is 3.70. The van der Waals surface area contributed by atoms with Gasteiger partial charge in [0.1, 0.15) is 5.03 Å². The van der Waals surface area contributed by atoms with Crippen LogP contribution in [-0.4, -0.2) is 29.3 Å². The number of hydrogen-bond donors (Lipinski definition) is 1. The zero-order valence-electron chi connectivity index (χ0n) is 9.22. The molecule has 2 aromatic rings. The summed E-state index contributed by atoms with van der Waals surface area (Å²) in [5.41, 5.74) is 6.36. The van der Waals surface area contributed by atoms with Crippen LogP contribution in [-0.2, 0) is 0 Å². The number of aromatic nitrogens is 3. The number of nitrogens with two attached hydrogens (primary N) is 1. The van der Waals surface area contributed by atoms with Crippen LogP contribution in [0.15, 0.2) is 21.6 Å². The van der Waals surface area contributed by atoms with E-state index in [4.69, 9.17) is 17.3 Å². The first-order valence-electron chi connectivity index (χ1n) is 4.66. The lowest BCUT2D eigenvalue weighted by Gasteiger charge is -2.04. The second-order valence-electron chi connectivity index (χ2n) is 3.39. The Bertz CT molecular complexity index is 528. The zero-order chi connectivity index (χ0) is 12.4. The summed E-state index contributed by atoms with van der Waals surface area (Å²) in [5, 5.41) is 10.2. The van der Waals surface area contributed by atoms with Crippen molar-refractivity contribution in [3.8, 4) is 0 Å². The van der Waals surface area contributed by atoms with E-state index in [0.29, 0.717) is 15.7 Å². The molecule has 0 saturated heterocycles. The van der Waals surface area contributed by atoms with Gasteiger partial charge in [0.05, 0.1) is 10.7 Å². The number of anilines is 2. The van der Waals surface area contributed by atoms with Crippen LogP contribution in [0.25, 0.3) is 0 Å². The number of rotatable bonds is 3. The number of pyridine rings is 1. The molecular formula is C9H10ClN5S2. The fourth-order valence-corrected chi connectivity index (χ4v) is 2.86. The highest BCUT2D eigenvalue weighted by Gasteiger charge is 2.10. The Hall–Kier alpha value is -1.05. The maximum absolute atomic E-state index is 5.81. The Labute approximate surface area is 112 Å². The highest BCUT2D eigenvalue weighted by molar-refractivity contribution is 8.01. The van der Waals surface area contributed by atoms with Crippen molar-refractivity contribution in [3.63, 3.8) is 0 Å².